The summed E-state index contributed by atoms with van der Waals surface area (Å²) in [5.41, 5.74) is 0.875. The summed E-state index contributed by atoms with van der Waals surface area (Å²) in [5.74, 6) is -1.84. The number of hydrogen-bond acceptors (Lipinski definition) is 5. The van der Waals surface area contributed by atoms with Crippen molar-refractivity contribution in [3.63, 3.8) is 0 Å². The van der Waals surface area contributed by atoms with Gasteiger partial charge in [0.15, 0.2) is 11.6 Å². The smallest absolute Gasteiger partial charge is 0.375 e. The van der Waals surface area contributed by atoms with Gasteiger partial charge in [0.05, 0.1) is 22.8 Å². The topological polar surface area (TPSA) is 73.6 Å². The molecular weight excluding hydrogens is 368 g/mol. The van der Waals surface area contributed by atoms with E-state index in [4.69, 9.17) is 20.8 Å². The molecule has 0 spiro atoms. The minimum absolute atomic E-state index is 0.0369. The van der Waals surface area contributed by atoms with E-state index >= 15 is 0 Å². The fraction of sp³-hybridized carbons (Fsp3) is 0.0952. The van der Waals surface area contributed by atoms with E-state index in [0.29, 0.717) is 10.6 Å². The number of carbonyl (C=O) groups excluding carboxylic acids is 3. The Morgan fingerprint density at radius 2 is 1.48 bits per heavy atom. The number of rotatable bonds is 3. The molecule has 2 aromatic carbocycles. The Morgan fingerprint density at radius 1 is 0.926 bits per heavy atom. The van der Waals surface area contributed by atoms with Crippen molar-refractivity contribution in [2.75, 3.05) is 6.61 Å². The lowest BCUT2D eigenvalue weighted by molar-refractivity contribution is 0.0487. The van der Waals surface area contributed by atoms with Crippen LogP contribution in [0.2, 0.25) is 5.02 Å². The number of fused-ring (bicyclic) bond motifs is 2. The first kappa shape index (κ1) is 17.2. The molecule has 1 heterocycles. The van der Waals surface area contributed by atoms with Crippen LogP contribution in [-0.2, 0) is 4.74 Å². The Hall–Kier alpha value is -3.18. The number of hydrogen-bond donors (Lipinski definition) is 0. The first-order valence-electron chi connectivity index (χ1n) is 8.31. The zero-order valence-corrected chi connectivity index (χ0v) is 15.0. The van der Waals surface area contributed by atoms with Gasteiger partial charge in [-0.15, -0.1) is 0 Å². The highest BCUT2D eigenvalue weighted by atomic mass is 35.5. The lowest BCUT2D eigenvalue weighted by Crippen LogP contribution is -2.22. The van der Waals surface area contributed by atoms with Crippen LogP contribution in [0.4, 0.5) is 0 Å². The van der Waals surface area contributed by atoms with E-state index in [1.165, 1.54) is 0 Å². The molecule has 0 unspecified atom stereocenters. The average Bonchev–Trinajstić information content (AvgIpc) is 3.07. The zero-order chi connectivity index (χ0) is 19.1. The van der Waals surface area contributed by atoms with Crippen LogP contribution in [0.3, 0.4) is 0 Å². The minimum atomic E-state index is -0.799. The van der Waals surface area contributed by atoms with Gasteiger partial charge in [-0.25, -0.2) is 4.79 Å². The van der Waals surface area contributed by atoms with Crippen LogP contribution in [0.25, 0.3) is 11.3 Å². The molecule has 0 saturated carbocycles. The maximum Gasteiger partial charge on any atom is 0.375 e. The van der Waals surface area contributed by atoms with Crippen molar-refractivity contribution in [2.45, 2.75) is 6.92 Å². The summed E-state index contributed by atoms with van der Waals surface area (Å²) in [4.78, 5) is 38.6. The van der Waals surface area contributed by atoms with Crippen molar-refractivity contribution in [2.24, 2.45) is 0 Å². The second-order valence-electron chi connectivity index (χ2n) is 5.91. The van der Waals surface area contributed by atoms with Gasteiger partial charge in [-0.1, -0.05) is 48.0 Å². The van der Waals surface area contributed by atoms with Gasteiger partial charge in [0.2, 0.25) is 5.76 Å². The van der Waals surface area contributed by atoms with Crippen LogP contribution in [0.15, 0.2) is 52.9 Å². The predicted molar refractivity (Wildman–Crippen MR) is 98.4 cm³/mol. The van der Waals surface area contributed by atoms with Crippen LogP contribution in [0.1, 0.15) is 49.3 Å². The standard InChI is InChI=1S/C21H13ClO5/c1-2-26-21(25)20-16-15(19(27-20)13-9-5-6-10-14(13)22)17(23)11-7-3-4-8-12(11)18(16)24/h3-10H,2H2,1H3. The Bertz CT molecular complexity index is 1110. The normalized spacial score (nSPS) is 12.5. The Kier molecular flexibility index (Phi) is 4.16. The largest absolute Gasteiger partial charge is 0.460 e. The number of furan rings is 1. The second kappa shape index (κ2) is 6.52. The molecule has 134 valence electrons. The average molecular weight is 381 g/mol. The molecule has 3 aromatic rings. The molecule has 1 aliphatic carbocycles. The third-order valence-corrected chi connectivity index (χ3v) is 4.69. The number of esters is 1. The first-order chi connectivity index (χ1) is 13.0. The van der Waals surface area contributed by atoms with E-state index in [1.807, 2.05) is 0 Å². The number of halogens is 1. The van der Waals surface area contributed by atoms with E-state index in [-0.39, 0.29) is 40.4 Å². The molecule has 0 atom stereocenters. The minimum Gasteiger partial charge on any atom is -0.460 e. The summed E-state index contributed by atoms with van der Waals surface area (Å²) in [6, 6.07) is 13.2. The molecule has 0 aliphatic heterocycles. The van der Waals surface area contributed by atoms with Crippen LogP contribution in [0, 0.1) is 0 Å². The SMILES string of the molecule is CCOC(=O)c1oc(-c2ccccc2Cl)c2c1C(=O)c1ccccc1C2=O. The van der Waals surface area contributed by atoms with Gasteiger partial charge >= 0.3 is 5.97 Å². The molecule has 0 amide bonds. The molecule has 0 N–H and O–H groups in total. The predicted octanol–water partition coefficient (Wildman–Crippen LogP) is 4.55. The summed E-state index contributed by atoms with van der Waals surface area (Å²) in [5, 5.41) is 0.337. The maximum atomic E-state index is 13.1. The number of ketones is 2. The van der Waals surface area contributed by atoms with Crippen molar-refractivity contribution in [1.29, 1.82) is 0 Å². The monoisotopic (exact) mass is 380 g/mol. The van der Waals surface area contributed by atoms with Crippen molar-refractivity contribution in [3.05, 3.63) is 81.6 Å². The van der Waals surface area contributed by atoms with Gasteiger partial charge in [0.25, 0.3) is 0 Å². The summed E-state index contributed by atoms with van der Waals surface area (Å²) in [6.07, 6.45) is 0. The molecule has 0 saturated heterocycles. The molecule has 0 bridgehead atoms. The van der Waals surface area contributed by atoms with E-state index in [2.05, 4.69) is 0 Å². The molecule has 5 nitrogen and oxygen atoms in total. The number of ether oxygens (including phenoxy) is 1. The summed E-state index contributed by atoms with van der Waals surface area (Å²) < 4.78 is 10.7. The maximum absolute atomic E-state index is 13.1. The van der Waals surface area contributed by atoms with Crippen molar-refractivity contribution in [1.82, 2.24) is 0 Å². The van der Waals surface area contributed by atoms with Crippen LogP contribution >= 0.6 is 11.6 Å². The molecule has 27 heavy (non-hydrogen) atoms. The Labute approximate surface area is 159 Å². The molecule has 6 heteroatoms. The highest BCUT2D eigenvalue weighted by molar-refractivity contribution is 6.35. The molecule has 0 radical (unpaired) electrons. The molecule has 1 aromatic heterocycles. The highest BCUT2D eigenvalue weighted by Gasteiger charge is 2.40. The quantitative estimate of drug-likeness (QED) is 0.487. The van der Waals surface area contributed by atoms with Crippen LogP contribution in [0.5, 0.6) is 0 Å². The van der Waals surface area contributed by atoms with E-state index in [0.717, 1.165) is 0 Å². The lowest BCUT2D eigenvalue weighted by atomic mass is 9.83. The third kappa shape index (κ3) is 2.59. The highest BCUT2D eigenvalue weighted by Crippen LogP contribution is 2.41. The van der Waals surface area contributed by atoms with Gasteiger partial charge in [0.1, 0.15) is 5.76 Å². The molecular formula is C21H13ClO5. The fourth-order valence-corrected chi connectivity index (χ4v) is 3.41. The van der Waals surface area contributed by atoms with Gasteiger partial charge in [-0.3, -0.25) is 9.59 Å². The van der Waals surface area contributed by atoms with Crippen molar-refractivity contribution >= 4 is 29.1 Å². The summed E-state index contributed by atoms with van der Waals surface area (Å²) >= 11 is 6.26. The van der Waals surface area contributed by atoms with Gasteiger partial charge in [0, 0.05) is 16.7 Å². The van der Waals surface area contributed by atoms with Gasteiger partial charge in [-0.05, 0) is 19.1 Å². The zero-order valence-electron chi connectivity index (χ0n) is 14.2. The van der Waals surface area contributed by atoms with E-state index in [1.54, 1.807) is 55.5 Å². The van der Waals surface area contributed by atoms with Crippen molar-refractivity contribution < 1.29 is 23.5 Å². The Morgan fingerprint density at radius 3 is 2.07 bits per heavy atom. The Balaban J connectivity index is 2.04. The summed E-state index contributed by atoms with van der Waals surface area (Å²) in [6.45, 7) is 1.75. The van der Waals surface area contributed by atoms with Gasteiger partial charge in [-0.2, -0.15) is 0 Å². The first-order valence-corrected chi connectivity index (χ1v) is 8.69. The molecule has 0 fully saturated rings. The molecule has 1 aliphatic rings. The number of benzene rings is 2. The second-order valence-corrected chi connectivity index (χ2v) is 6.32. The third-order valence-electron chi connectivity index (χ3n) is 4.36. The van der Waals surface area contributed by atoms with Gasteiger partial charge < -0.3 is 9.15 Å². The van der Waals surface area contributed by atoms with E-state index < -0.39 is 17.5 Å². The lowest BCUT2D eigenvalue weighted by Gasteiger charge is -2.15. The van der Waals surface area contributed by atoms with Crippen molar-refractivity contribution in [3.8, 4) is 11.3 Å². The summed E-state index contributed by atoms with van der Waals surface area (Å²) in [7, 11) is 0. The number of carbonyl (C=O) groups is 3. The van der Waals surface area contributed by atoms with E-state index in [9.17, 15) is 14.4 Å². The fourth-order valence-electron chi connectivity index (χ4n) is 3.19. The molecule has 4 rings (SSSR count). The van der Waals surface area contributed by atoms with Crippen LogP contribution < -0.4 is 0 Å². The van der Waals surface area contributed by atoms with Crippen LogP contribution in [-0.4, -0.2) is 24.1 Å².